The van der Waals surface area contributed by atoms with Gasteiger partial charge in [0.1, 0.15) is 103 Å². The van der Waals surface area contributed by atoms with Crippen molar-refractivity contribution in [1.29, 1.82) is 0 Å². The second kappa shape index (κ2) is 29.6. The summed E-state index contributed by atoms with van der Waals surface area (Å²) in [5.41, 5.74) is -8.86. The second-order valence-electron chi connectivity index (χ2n) is 15.3. The van der Waals surface area contributed by atoms with Crippen LogP contribution in [0.3, 0.4) is 0 Å². The van der Waals surface area contributed by atoms with Crippen molar-refractivity contribution in [3.8, 4) is 23.0 Å². The van der Waals surface area contributed by atoms with Crippen LogP contribution in [0.25, 0.3) is 0 Å². The van der Waals surface area contributed by atoms with E-state index in [1.54, 1.807) is 0 Å². The van der Waals surface area contributed by atoms with Gasteiger partial charge in [-0.05, 0) is 94.9 Å². The number of rotatable bonds is 12. The van der Waals surface area contributed by atoms with Gasteiger partial charge in [0.2, 0.25) is 32.4 Å². The van der Waals surface area contributed by atoms with Crippen LogP contribution >= 0.6 is 69.6 Å². The number of aromatic nitrogens is 6. The number of ether oxygens (including phenoxy) is 2. The summed E-state index contributed by atoms with van der Waals surface area (Å²) in [5, 5.41) is -0.511. The molecular weight excluding hydrogens is 1460 g/mol. The molecule has 2 aliphatic rings. The average Bonchev–Trinajstić information content (AvgIpc) is 3.21. The Kier molecular flexibility index (Phi) is 27.5. The first-order valence-electron chi connectivity index (χ1n) is 19.9. The SMILES string of the molecule is O=S(=O)([O-])c1cc(Nc2ccc3c(c2S(=O)(=O)[O-])Oc2c(Cl)c4c(c(Cl)c2=N3)Oc2c(ccc(Nc3cc(S(=O)(=O)[O-])c(N=c5nc(Cl)nc(Cl)[nH]5)cc3S(=O)(=O)[O-])c2S(=O)(=O)[O-])N=4)c(S(=O)(=O)[O-])cc1N=c1nc(Cl)nc(Cl)[nH]1.[Na+].[Na+].[Na+].[Na+].[Na+].[Na+]. The van der Waals surface area contributed by atoms with E-state index in [0.717, 1.165) is 12.1 Å². The molecule has 0 atom stereocenters. The van der Waals surface area contributed by atoms with E-state index in [1.807, 2.05) is 0 Å². The molecule has 4 heterocycles. The van der Waals surface area contributed by atoms with Crippen molar-refractivity contribution in [3.05, 3.63) is 102 Å². The third-order valence-electron chi connectivity index (χ3n) is 10.2. The molecule has 0 radical (unpaired) electrons. The van der Waals surface area contributed by atoms with E-state index in [-0.39, 0.29) is 202 Å². The van der Waals surface area contributed by atoms with E-state index < -0.39 is 212 Å². The van der Waals surface area contributed by atoms with Gasteiger partial charge in [-0.15, -0.1) is 0 Å². The quantitative estimate of drug-likeness (QED) is 0.0652. The van der Waals surface area contributed by atoms with Gasteiger partial charge >= 0.3 is 177 Å². The van der Waals surface area contributed by atoms with E-state index >= 15 is 0 Å². The molecule has 50 heteroatoms. The Morgan fingerprint density at radius 2 is 0.721 bits per heavy atom. The first-order valence-corrected chi connectivity index (χ1v) is 30.6. The number of hydrogen-bond donors (Lipinski definition) is 4. The minimum atomic E-state index is -5.90. The Morgan fingerprint density at radius 3 is 1.00 bits per heavy atom. The van der Waals surface area contributed by atoms with E-state index in [2.05, 4.69) is 60.5 Å². The van der Waals surface area contributed by atoms with Gasteiger partial charge in [-0.3, -0.25) is 9.97 Å². The Balaban J connectivity index is 0.00000323. The van der Waals surface area contributed by atoms with Crippen molar-refractivity contribution in [3.63, 3.8) is 0 Å². The molecule has 0 aliphatic carbocycles. The molecule has 86 heavy (non-hydrogen) atoms. The van der Waals surface area contributed by atoms with Gasteiger partial charge in [0.15, 0.2) is 23.0 Å². The number of nitrogens with one attached hydrogen (secondary N) is 4. The van der Waals surface area contributed by atoms with Crippen molar-refractivity contribution in [2.45, 2.75) is 29.4 Å². The number of halogens is 6. The van der Waals surface area contributed by atoms with Gasteiger partial charge < -0.3 is 47.4 Å². The van der Waals surface area contributed by atoms with Gasteiger partial charge in [-0.2, -0.15) is 19.9 Å². The van der Waals surface area contributed by atoms with Crippen LogP contribution in [-0.2, 0) is 60.7 Å². The molecule has 2 aliphatic heterocycles. The summed E-state index contributed by atoms with van der Waals surface area (Å²) < 4.78 is 241. The predicted octanol–water partition coefficient (Wildman–Crippen LogP) is -14.6. The molecule has 7 aromatic rings. The first-order chi connectivity index (χ1) is 36.9. The number of fused-ring (bicyclic) bond motifs is 4. The van der Waals surface area contributed by atoms with Gasteiger partial charge in [-0.25, -0.2) is 70.5 Å². The zero-order chi connectivity index (χ0) is 58.7. The maximum absolute atomic E-state index is 13.1. The standard InChI is InChI=1S/C36H18Cl6N12O20S6.6Na/c37-21-23-27(73-25-9(45-23)1-3-11(29(25)79(67,68)69)43-13-5-19(77(61,62)63)15(7-17(13)75(55,56)57)47-35-51-31(39)49-32(40)52-35)22(38)24-28(21)74-26-10(46-24)2-4-12(30(26)80(70,71)72)44-14-6-20(78(64,65)66)16(8-18(14)76(58,59)60)48-36-53-33(41)50-34(42)54-36;;;;;;/h1-8,43-44H,(H,55,56,57)(H,58,59,60)(H,61,62,63)(H,64,65,66)(H,67,68,69)(H,70,71,72)(H,47,49,51,52)(H,48,50,53,54);;;;;;/q;6*+1/p-6. The molecule has 0 saturated carbocycles. The summed E-state index contributed by atoms with van der Waals surface area (Å²) in [7, 11) is -34.8. The molecule has 2 aromatic heterocycles. The largest absolute Gasteiger partial charge is 1.00 e. The van der Waals surface area contributed by atoms with Crippen LogP contribution in [0.5, 0.6) is 23.0 Å². The summed E-state index contributed by atoms with van der Waals surface area (Å²) in [6, 6.07) is 4.21. The molecule has 0 bridgehead atoms. The molecule has 0 unspecified atom stereocenters. The van der Waals surface area contributed by atoms with Crippen LogP contribution in [-0.4, -0.2) is 108 Å². The van der Waals surface area contributed by atoms with Gasteiger partial charge in [0.25, 0.3) is 0 Å². The van der Waals surface area contributed by atoms with Crippen LogP contribution in [0.1, 0.15) is 0 Å². The summed E-state index contributed by atoms with van der Waals surface area (Å²) in [5.74, 6) is -3.50. The molecule has 0 spiro atoms. The fourth-order valence-electron chi connectivity index (χ4n) is 7.21. The van der Waals surface area contributed by atoms with Gasteiger partial charge in [-0.1, -0.05) is 23.2 Å². The topological polar surface area (TPSA) is 518 Å². The summed E-state index contributed by atoms with van der Waals surface area (Å²) >= 11 is 36.4. The summed E-state index contributed by atoms with van der Waals surface area (Å²) in [6.45, 7) is 0. The monoisotopic (exact) mass is 1470 g/mol. The van der Waals surface area contributed by atoms with Crippen LogP contribution in [0.15, 0.2) is 97.9 Å². The Morgan fingerprint density at radius 1 is 0.407 bits per heavy atom. The Bertz CT molecular complexity index is 4670. The van der Waals surface area contributed by atoms with Crippen molar-refractivity contribution < 1.29 is 265 Å². The van der Waals surface area contributed by atoms with Crippen LogP contribution < -0.4 is 219 Å². The van der Waals surface area contributed by atoms with Crippen LogP contribution in [0.4, 0.5) is 45.5 Å². The summed E-state index contributed by atoms with van der Waals surface area (Å²) in [4.78, 5) is 26.0. The second-order valence-corrected chi connectivity index (χ2v) is 25.5. The van der Waals surface area contributed by atoms with E-state index in [9.17, 15) is 77.8 Å². The first kappa shape index (κ1) is 80.0. The van der Waals surface area contributed by atoms with Crippen LogP contribution in [0, 0.1) is 0 Å². The molecule has 0 amide bonds. The van der Waals surface area contributed by atoms with Crippen LogP contribution in [0.2, 0.25) is 31.2 Å². The molecule has 0 saturated heterocycles. The van der Waals surface area contributed by atoms with Gasteiger partial charge in [0, 0.05) is 0 Å². The number of hydrogen-bond acceptors (Lipinski definition) is 30. The molecule has 420 valence electrons. The number of aromatic amines is 2. The zero-order valence-corrected chi connectivity index (χ0v) is 64.5. The Labute approximate surface area is 644 Å². The molecule has 9 rings (SSSR count). The minimum Gasteiger partial charge on any atom is -0.744 e. The third kappa shape index (κ3) is 17.3. The van der Waals surface area contributed by atoms with Crippen molar-refractivity contribution in [1.82, 2.24) is 29.9 Å². The molecule has 4 N–H and O–H groups in total. The fourth-order valence-corrected chi connectivity index (χ4v) is 12.5. The van der Waals surface area contributed by atoms with E-state index in [1.165, 1.54) is 0 Å². The number of H-pyrrole nitrogens is 2. The number of benzene rings is 5. The molecule has 5 aromatic carbocycles. The Hall–Kier alpha value is -0.280. The molecular formula is C36H12Cl6N12Na6O20S6. The number of anilines is 4. The molecule has 32 nitrogen and oxygen atoms in total. The van der Waals surface area contributed by atoms with Crippen molar-refractivity contribution in [2.75, 3.05) is 10.6 Å². The minimum absolute atomic E-state index is 0. The number of nitrogens with zero attached hydrogens (tertiary/aromatic N) is 8. The van der Waals surface area contributed by atoms with Gasteiger partial charge in [0.05, 0.1) is 53.7 Å². The maximum Gasteiger partial charge on any atom is 1.00 e. The normalized spacial score (nSPS) is 12.9. The maximum atomic E-state index is 13.1. The fraction of sp³-hybridized carbons (Fsp3) is 0. The smallest absolute Gasteiger partial charge is 0.744 e. The summed E-state index contributed by atoms with van der Waals surface area (Å²) in [6.07, 6.45) is 0. The van der Waals surface area contributed by atoms with Crippen molar-refractivity contribution in [2.24, 2.45) is 20.0 Å². The third-order valence-corrected chi connectivity index (χ3v) is 16.9. The average molecular weight is 1480 g/mol. The van der Waals surface area contributed by atoms with E-state index in [4.69, 9.17) is 79.1 Å². The zero-order valence-electron chi connectivity index (χ0n) is 43.1. The van der Waals surface area contributed by atoms with E-state index in [0.29, 0.717) is 12.1 Å². The van der Waals surface area contributed by atoms with Crippen molar-refractivity contribution >= 4 is 176 Å². The predicted molar refractivity (Wildman–Crippen MR) is 262 cm³/mol. The molecule has 0 fully saturated rings.